The van der Waals surface area contributed by atoms with Crippen molar-refractivity contribution in [2.75, 3.05) is 18.8 Å². The fraction of sp³-hybridized carbons (Fsp3) is 0.316. The summed E-state index contributed by atoms with van der Waals surface area (Å²) in [5, 5.41) is 12.7. The largest absolute Gasteiger partial charge is 0.369 e. The summed E-state index contributed by atoms with van der Waals surface area (Å²) in [6, 6.07) is 20.7. The van der Waals surface area contributed by atoms with Gasteiger partial charge in [0.05, 0.1) is 5.92 Å². The summed E-state index contributed by atoms with van der Waals surface area (Å²) in [4.78, 5) is 6.72. The molecule has 0 spiro atoms. The molecule has 3 nitrogen and oxygen atoms in total. The van der Waals surface area contributed by atoms with Gasteiger partial charge in [0, 0.05) is 18.8 Å². The lowest BCUT2D eigenvalue weighted by Gasteiger charge is -2.42. The van der Waals surface area contributed by atoms with Gasteiger partial charge in [0.15, 0.2) is 10.9 Å². The van der Waals surface area contributed by atoms with Gasteiger partial charge >= 0.3 is 0 Å². The van der Waals surface area contributed by atoms with E-state index in [9.17, 15) is 5.11 Å². The second-order valence-corrected chi connectivity index (χ2v) is 7.03. The van der Waals surface area contributed by atoms with E-state index in [4.69, 9.17) is 0 Å². The number of hydrogen-bond donors (Lipinski definition) is 1. The molecule has 4 rings (SSSR count). The Labute approximate surface area is 141 Å². The van der Waals surface area contributed by atoms with Crippen LogP contribution in [0.25, 0.3) is 0 Å². The van der Waals surface area contributed by atoms with Gasteiger partial charge in [-0.05, 0) is 17.5 Å². The first kappa shape index (κ1) is 14.8. The molecule has 0 saturated carbocycles. The molecule has 0 amide bonds. The Morgan fingerprint density at radius 2 is 1.61 bits per heavy atom. The molecule has 0 aromatic heterocycles. The van der Waals surface area contributed by atoms with Crippen molar-refractivity contribution in [2.45, 2.75) is 18.1 Å². The summed E-state index contributed by atoms with van der Waals surface area (Å²) < 4.78 is 0. The molecule has 1 N–H and O–H groups in total. The maximum absolute atomic E-state index is 11.7. The van der Waals surface area contributed by atoms with Gasteiger partial charge < -0.3 is 10.0 Å². The zero-order valence-corrected chi connectivity index (χ0v) is 13.7. The van der Waals surface area contributed by atoms with E-state index in [0.717, 1.165) is 35.8 Å². The van der Waals surface area contributed by atoms with Crippen molar-refractivity contribution in [3.05, 3.63) is 71.8 Å². The molecule has 0 bridgehead atoms. The summed E-state index contributed by atoms with van der Waals surface area (Å²) in [7, 11) is 0. The van der Waals surface area contributed by atoms with Gasteiger partial charge in [0.1, 0.15) is 0 Å². The molecule has 1 atom stereocenters. The van der Waals surface area contributed by atoms with E-state index in [0.29, 0.717) is 5.75 Å². The van der Waals surface area contributed by atoms with Crippen LogP contribution < -0.4 is 0 Å². The molecule has 4 heteroatoms. The van der Waals surface area contributed by atoms with Crippen LogP contribution in [0.2, 0.25) is 0 Å². The third-order valence-corrected chi connectivity index (χ3v) is 5.80. The van der Waals surface area contributed by atoms with E-state index in [1.165, 1.54) is 0 Å². The van der Waals surface area contributed by atoms with E-state index in [1.807, 2.05) is 36.4 Å². The number of thioether (sulfide) groups is 1. The van der Waals surface area contributed by atoms with Gasteiger partial charge in [0.2, 0.25) is 0 Å². The Bertz CT molecular complexity index is 664. The number of rotatable bonds is 3. The number of hydrogen-bond acceptors (Lipinski definition) is 4. The van der Waals surface area contributed by atoms with Crippen molar-refractivity contribution < 1.29 is 5.11 Å². The zero-order chi connectivity index (χ0) is 15.7. The Morgan fingerprint density at radius 3 is 2.22 bits per heavy atom. The number of amidine groups is 1. The highest BCUT2D eigenvalue weighted by Crippen LogP contribution is 2.45. The predicted molar refractivity (Wildman–Crippen MR) is 95.8 cm³/mol. The van der Waals surface area contributed by atoms with E-state index in [2.05, 4.69) is 34.2 Å². The average molecular weight is 324 g/mol. The number of aliphatic hydroxyl groups is 1. The van der Waals surface area contributed by atoms with Crippen LogP contribution in [0, 0.1) is 0 Å². The van der Waals surface area contributed by atoms with E-state index >= 15 is 0 Å². The monoisotopic (exact) mass is 324 g/mol. The fourth-order valence-electron chi connectivity index (χ4n) is 3.57. The van der Waals surface area contributed by atoms with Gasteiger partial charge in [-0.15, -0.1) is 0 Å². The van der Waals surface area contributed by atoms with Crippen molar-refractivity contribution in [1.29, 1.82) is 0 Å². The molecule has 2 aliphatic rings. The zero-order valence-electron chi connectivity index (χ0n) is 12.9. The Morgan fingerprint density at radius 1 is 1.00 bits per heavy atom. The summed E-state index contributed by atoms with van der Waals surface area (Å²) in [5.41, 5.74) is 1.37. The van der Waals surface area contributed by atoms with Crippen LogP contribution in [0.4, 0.5) is 0 Å². The second kappa shape index (κ2) is 6.02. The Hall–Kier alpha value is -1.78. The lowest BCUT2D eigenvalue weighted by molar-refractivity contribution is -0.0573. The van der Waals surface area contributed by atoms with Crippen LogP contribution in [0.3, 0.4) is 0 Å². The van der Waals surface area contributed by atoms with Crippen LogP contribution in [0.1, 0.15) is 23.5 Å². The molecule has 0 radical (unpaired) electrons. The summed E-state index contributed by atoms with van der Waals surface area (Å²) in [5.74, 6) is 0.573. The standard InChI is InChI=1S/C19H20N2OS/c22-19(14-23-18-20-12-7-13-21(18)19)17(15-8-3-1-4-9-15)16-10-5-2-6-11-16/h1-6,8-11,17,22H,7,12-14H2. The average Bonchev–Trinajstić information content (AvgIpc) is 2.95. The molecule has 0 aliphatic carbocycles. The molecule has 1 unspecified atom stereocenters. The van der Waals surface area contributed by atoms with Crippen LogP contribution in [0.5, 0.6) is 0 Å². The third kappa shape index (κ3) is 2.56. The minimum Gasteiger partial charge on any atom is -0.369 e. The molecule has 2 aromatic rings. The maximum Gasteiger partial charge on any atom is 0.161 e. The number of fused-ring (bicyclic) bond motifs is 1. The van der Waals surface area contributed by atoms with E-state index in [1.54, 1.807) is 11.8 Å². The molecule has 1 fully saturated rings. The highest BCUT2D eigenvalue weighted by Gasteiger charge is 2.50. The molecular weight excluding hydrogens is 304 g/mol. The summed E-state index contributed by atoms with van der Waals surface area (Å²) in [6.07, 6.45) is 1.00. The van der Waals surface area contributed by atoms with Gasteiger partial charge in [-0.2, -0.15) is 0 Å². The first-order valence-corrected chi connectivity index (χ1v) is 9.05. The minimum atomic E-state index is -0.924. The Balaban J connectivity index is 1.82. The van der Waals surface area contributed by atoms with Gasteiger partial charge in [0.25, 0.3) is 0 Å². The normalized spacial score (nSPS) is 23.7. The number of benzene rings is 2. The predicted octanol–water partition coefficient (Wildman–Crippen LogP) is 3.32. The second-order valence-electron chi connectivity index (χ2n) is 6.09. The first-order valence-electron chi connectivity index (χ1n) is 8.06. The third-order valence-electron chi connectivity index (χ3n) is 4.63. The van der Waals surface area contributed by atoms with Gasteiger partial charge in [-0.3, -0.25) is 4.99 Å². The smallest absolute Gasteiger partial charge is 0.161 e. The summed E-state index contributed by atoms with van der Waals surface area (Å²) >= 11 is 1.68. The van der Waals surface area contributed by atoms with Crippen molar-refractivity contribution in [1.82, 2.24) is 4.90 Å². The lowest BCUT2D eigenvalue weighted by atomic mass is 9.82. The molecule has 2 aliphatic heterocycles. The van der Waals surface area contributed by atoms with E-state index < -0.39 is 5.72 Å². The Kier molecular flexibility index (Phi) is 3.87. The number of nitrogens with zero attached hydrogens (tertiary/aromatic N) is 2. The number of aliphatic imine (C=N–C) groups is 1. The molecule has 2 heterocycles. The maximum atomic E-state index is 11.7. The molecule has 1 saturated heterocycles. The molecular formula is C19H20N2OS. The topological polar surface area (TPSA) is 35.8 Å². The van der Waals surface area contributed by atoms with Gasteiger partial charge in [-0.1, -0.05) is 72.4 Å². The van der Waals surface area contributed by atoms with Crippen LogP contribution in [0.15, 0.2) is 65.7 Å². The highest BCUT2D eigenvalue weighted by molar-refractivity contribution is 8.14. The quantitative estimate of drug-likeness (QED) is 0.941. The SMILES string of the molecule is OC1(C(c2ccccc2)c2ccccc2)CSC2=NCCCN21. The van der Waals surface area contributed by atoms with Crippen LogP contribution in [-0.2, 0) is 0 Å². The van der Waals surface area contributed by atoms with Crippen LogP contribution >= 0.6 is 11.8 Å². The lowest BCUT2D eigenvalue weighted by Crippen LogP contribution is -2.53. The first-order chi connectivity index (χ1) is 11.3. The highest BCUT2D eigenvalue weighted by atomic mass is 32.2. The molecule has 118 valence electrons. The minimum absolute atomic E-state index is 0.0804. The van der Waals surface area contributed by atoms with Gasteiger partial charge in [-0.25, -0.2) is 0 Å². The van der Waals surface area contributed by atoms with E-state index in [-0.39, 0.29) is 5.92 Å². The van der Waals surface area contributed by atoms with Crippen molar-refractivity contribution in [3.63, 3.8) is 0 Å². The molecule has 2 aromatic carbocycles. The summed E-state index contributed by atoms with van der Waals surface area (Å²) in [6.45, 7) is 1.74. The van der Waals surface area contributed by atoms with Crippen molar-refractivity contribution in [2.24, 2.45) is 4.99 Å². The van der Waals surface area contributed by atoms with Crippen molar-refractivity contribution >= 4 is 16.9 Å². The fourth-order valence-corrected chi connectivity index (χ4v) is 4.82. The molecule has 23 heavy (non-hydrogen) atoms. The van der Waals surface area contributed by atoms with Crippen molar-refractivity contribution in [3.8, 4) is 0 Å². The van der Waals surface area contributed by atoms with Crippen LogP contribution in [-0.4, -0.2) is 39.7 Å².